The topological polar surface area (TPSA) is 504 Å². The molecule has 0 aromatic heterocycles. The molecule has 0 radical (unpaired) electrons. The largest absolute Gasteiger partial charge is 5.00 e. The first-order valence-corrected chi connectivity index (χ1v) is 14.9. The second-order valence-electron chi connectivity index (χ2n) is 10.7. The van der Waals surface area contributed by atoms with Gasteiger partial charge in [-0.15, -0.1) is 0 Å². The van der Waals surface area contributed by atoms with Crippen LogP contribution in [0.4, 0.5) is 0 Å². The van der Waals surface area contributed by atoms with Crippen molar-refractivity contribution in [2.75, 3.05) is 0 Å². The van der Waals surface area contributed by atoms with Crippen molar-refractivity contribution in [3.05, 3.63) is 88.5 Å². The average molecular weight is 938 g/mol. The van der Waals surface area contributed by atoms with Crippen molar-refractivity contribution in [3.63, 3.8) is 0 Å². The summed E-state index contributed by atoms with van der Waals surface area (Å²) in [5, 5.41) is 183. The Bertz CT molecular complexity index is 1940. The number of hydrogen-bond acceptors (Lipinski definition) is 20. The predicted octanol–water partition coefficient (Wildman–Crippen LogP) is -0.655. The minimum absolute atomic E-state index is 0. The molecule has 0 aliphatic rings. The molecule has 0 unspecified atom stereocenters. The van der Waals surface area contributed by atoms with Gasteiger partial charge in [0.25, 0.3) is 0 Å². The Hall–Kier alpha value is -8.81. The van der Waals surface area contributed by atoms with E-state index >= 15 is 0 Å². The first-order valence-electron chi connectivity index (χ1n) is 14.9. The van der Waals surface area contributed by atoms with Crippen LogP contribution in [0.3, 0.4) is 0 Å². The third-order valence-corrected chi connectivity index (χ3v) is 6.48. The summed E-state index contributed by atoms with van der Waals surface area (Å²) < 4.78 is 0. The maximum absolute atomic E-state index is 10.7. The number of carboxylic acid groups (broad SMARTS) is 5. The van der Waals surface area contributed by atoms with E-state index in [1.807, 2.05) is 0 Å². The number of aromatic hydroxyl groups is 10. The van der Waals surface area contributed by atoms with Crippen LogP contribution in [-0.2, 0) is 22.4 Å². The van der Waals surface area contributed by atoms with Gasteiger partial charge in [0.1, 0.15) is 57.5 Å². The van der Waals surface area contributed by atoms with Crippen molar-refractivity contribution in [1.29, 1.82) is 0 Å². The summed E-state index contributed by atoms with van der Waals surface area (Å²) in [6.07, 6.45) is 0. The molecule has 0 saturated heterocycles. The van der Waals surface area contributed by atoms with Crippen molar-refractivity contribution in [2.45, 2.75) is 0 Å². The monoisotopic (exact) mass is 938 g/mol. The van der Waals surface area contributed by atoms with E-state index in [9.17, 15) is 49.5 Å². The van der Waals surface area contributed by atoms with Gasteiger partial charge in [-0.2, -0.15) is 0 Å². The first kappa shape index (κ1) is 52.2. The fourth-order valence-electron chi connectivity index (χ4n) is 3.61. The van der Waals surface area contributed by atoms with E-state index in [1.54, 1.807) is 0 Å². The van der Waals surface area contributed by atoms with Crippen LogP contribution in [0.25, 0.3) is 0 Å². The zero-order valence-electron chi connectivity index (χ0n) is 29.5. The number of phenols is 10. The second-order valence-corrected chi connectivity index (χ2v) is 10.7. The Morgan fingerprint density at radius 2 is 0.344 bits per heavy atom. The zero-order chi connectivity index (χ0) is 46.5. The van der Waals surface area contributed by atoms with Gasteiger partial charge >= 0.3 is 52.2 Å². The average Bonchev–Trinajstić information content (AvgIpc) is 3.15. The van der Waals surface area contributed by atoms with Gasteiger partial charge in [-0.25, -0.2) is 24.0 Å². The quantitative estimate of drug-likeness (QED) is 0.0973. The number of phenolic OH excluding ortho intramolecular Hbond substituents is 10. The SMILES string of the molecule is O=C(O)c1cc(O)c([O-])c(O)c1.O=C(O)c1cc(O)c([O-])c(O)c1.O=C(O)c1cc(O)c([O-])c(O)c1.O=C(O)c1cc(O)c([O-])c(O)c1.O=C(O)c1cc(O)c([O-])c(O)c1.[Nb+5]. The summed E-state index contributed by atoms with van der Waals surface area (Å²) in [6, 6.07) is 7.82. The number of hydrogen-bond donors (Lipinski definition) is 15. The van der Waals surface area contributed by atoms with Gasteiger partial charge in [-0.3, -0.25) is 0 Å². The molecule has 0 amide bonds. The van der Waals surface area contributed by atoms with Crippen LogP contribution in [0.1, 0.15) is 51.8 Å². The number of aromatic carboxylic acids is 5. The number of carbonyl (C=O) groups is 5. The maximum atomic E-state index is 10.7. The van der Waals surface area contributed by atoms with Crippen molar-refractivity contribution in [2.24, 2.45) is 0 Å². The molecule has 5 rings (SSSR count). The molecule has 5 aromatic carbocycles. The summed E-state index contributed by atoms with van der Waals surface area (Å²) in [5.41, 5.74) is -1.65. The van der Waals surface area contributed by atoms with E-state index in [4.69, 9.17) is 76.6 Å². The fourth-order valence-corrected chi connectivity index (χ4v) is 3.61. The third kappa shape index (κ3) is 14.9. The third-order valence-electron chi connectivity index (χ3n) is 6.48. The van der Waals surface area contributed by atoms with Gasteiger partial charge in [0.2, 0.25) is 0 Å². The van der Waals surface area contributed by atoms with Gasteiger partial charge in [0.15, 0.2) is 0 Å². The summed E-state index contributed by atoms with van der Waals surface area (Å²) in [7, 11) is 0. The Morgan fingerprint density at radius 1 is 0.262 bits per heavy atom. The normalized spacial score (nSPS) is 9.51. The van der Waals surface area contributed by atoms with Crippen molar-refractivity contribution in [3.8, 4) is 86.2 Å². The standard InChI is InChI=1S/5C7H6O5.Nb/c5*8-4-1-3(7(11)12)2-5(9)6(4)10;/h5*1-2,8-10H,(H,11,12);/q;;;;;+5/p-5. The molecule has 5 aromatic rings. The van der Waals surface area contributed by atoms with Crippen LogP contribution in [0, 0.1) is 0 Å². The van der Waals surface area contributed by atoms with E-state index in [2.05, 4.69) is 0 Å². The predicted molar refractivity (Wildman–Crippen MR) is 181 cm³/mol. The molecule has 0 aliphatic heterocycles. The molecule has 0 heterocycles. The Kier molecular flexibility index (Phi) is 19.0. The molecule has 15 N–H and O–H groups in total. The molecular formula is C35H25NbO25. The number of rotatable bonds is 5. The van der Waals surface area contributed by atoms with Crippen LogP contribution >= 0.6 is 0 Å². The maximum Gasteiger partial charge on any atom is 5.00 e. The van der Waals surface area contributed by atoms with Gasteiger partial charge in [0, 0.05) is 0 Å². The van der Waals surface area contributed by atoms with Gasteiger partial charge in [0.05, 0.1) is 27.8 Å². The van der Waals surface area contributed by atoms with E-state index in [1.165, 1.54) is 0 Å². The first-order chi connectivity index (χ1) is 27.6. The molecule has 0 spiro atoms. The Balaban J connectivity index is 0.000000735. The van der Waals surface area contributed by atoms with Gasteiger partial charge in [-0.05, 0) is 89.4 Å². The van der Waals surface area contributed by atoms with Crippen LogP contribution in [0.15, 0.2) is 60.7 Å². The van der Waals surface area contributed by atoms with Crippen LogP contribution in [0.5, 0.6) is 86.2 Å². The molecule has 0 aliphatic carbocycles. The van der Waals surface area contributed by atoms with E-state index in [0.29, 0.717) is 0 Å². The van der Waals surface area contributed by atoms with Crippen LogP contribution < -0.4 is 25.5 Å². The van der Waals surface area contributed by atoms with Crippen molar-refractivity contribution in [1.82, 2.24) is 0 Å². The zero-order valence-corrected chi connectivity index (χ0v) is 31.7. The van der Waals surface area contributed by atoms with E-state index < -0.39 is 116 Å². The van der Waals surface area contributed by atoms with Crippen molar-refractivity contribution < 1.29 is 148 Å². The summed E-state index contributed by atoms with van der Waals surface area (Å²) >= 11 is 0. The molecule has 320 valence electrons. The number of benzene rings is 5. The summed E-state index contributed by atoms with van der Waals surface area (Å²) in [6.45, 7) is 0. The van der Waals surface area contributed by atoms with Gasteiger partial charge < -0.3 is 102 Å². The van der Waals surface area contributed by atoms with Gasteiger partial charge in [-0.1, -0.05) is 0 Å². The molecular weight excluding hydrogens is 913 g/mol. The molecule has 0 atom stereocenters. The van der Waals surface area contributed by atoms with Crippen molar-refractivity contribution >= 4 is 29.8 Å². The summed E-state index contributed by atoms with van der Waals surface area (Å²) in [5.74, 6) is -19.2. The minimum Gasteiger partial charge on any atom is -0.867 e. The van der Waals surface area contributed by atoms with E-state index in [-0.39, 0.29) is 50.2 Å². The van der Waals surface area contributed by atoms with Crippen LogP contribution in [-0.4, -0.2) is 106 Å². The van der Waals surface area contributed by atoms with E-state index in [0.717, 1.165) is 60.7 Å². The molecule has 0 fully saturated rings. The van der Waals surface area contributed by atoms with Crippen LogP contribution in [0.2, 0.25) is 0 Å². The molecule has 0 bridgehead atoms. The molecule has 25 nitrogen and oxygen atoms in total. The summed E-state index contributed by atoms with van der Waals surface area (Å²) in [4.78, 5) is 51.5. The molecule has 61 heavy (non-hydrogen) atoms. The Labute approximate surface area is 352 Å². The second kappa shape index (κ2) is 22.2. The fraction of sp³-hybridized carbons (Fsp3) is 0. The molecule has 0 saturated carbocycles. The smallest absolute Gasteiger partial charge is 0.867 e. The Morgan fingerprint density at radius 3 is 0.410 bits per heavy atom. The minimum atomic E-state index is -1.32. The molecule has 26 heteroatoms. The number of carboxylic acids is 5.